The first-order valence-corrected chi connectivity index (χ1v) is 5.59. The highest BCUT2D eigenvalue weighted by molar-refractivity contribution is 6.30. The normalized spacial score (nSPS) is 7.80. The van der Waals surface area contributed by atoms with Gasteiger partial charge in [0.2, 0.25) is 5.91 Å². The van der Waals surface area contributed by atoms with Crippen LogP contribution < -0.4 is 5.73 Å². The predicted molar refractivity (Wildman–Crippen MR) is 67.0 cm³/mol. The van der Waals surface area contributed by atoms with Crippen molar-refractivity contribution in [2.75, 3.05) is 0 Å². The van der Waals surface area contributed by atoms with E-state index in [-0.39, 0.29) is 12.3 Å². The van der Waals surface area contributed by atoms with Crippen LogP contribution in [0.4, 0.5) is 0 Å². The number of halogens is 1. The summed E-state index contributed by atoms with van der Waals surface area (Å²) in [6, 6.07) is 7.04. The molecule has 0 atom stereocenters. The Morgan fingerprint density at radius 1 is 1.13 bits per heavy atom. The average Bonchev–Trinajstić information content (AvgIpc) is 2.27. The van der Waals surface area contributed by atoms with Gasteiger partial charge in [-0.2, -0.15) is 0 Å². The molecule has 0 radical (unpaired) electrons. The Morgan fingerprint density at radius 3 is 1.87 bits per heavy atom. The Hall–Kier alpha value is -1.02. The highest BCUT2D eigenvalue weighted by atomic mass is 35.5. The van der Waals surface area contributed by atoms with Gasteiger partial charge >= 0.3 is 0 Å². The molecular weight excluding hydrogens is 210 g/mol. The molecule has 2 nitrogen and oxygen atoms in total. The summed E-state index contributed by atoms with van der Waals surface area (Å²) in [5.41, 5.74) is 5.88. The summed E-state index contributed by atoms with van der Waals surface area (Å²) >= 11 is 5.63. The third-order valence-corrected chi connectivity index (χ3v) is 1.54. The van der Waals surface area contributed by atoms with Crippen LogP contribution in [0.15, 0.2) is 24.3 Å². The van der Waals surface area contributed by atoms with Crippen molar-refractivity contribution < 1.29 is 4.79 Å². The van der Waals surface area contributed by atoms with E-state index < -0.39 is 0 Å². The Labute approximate surface area is 97.4 Å². The van der Waals surface area contributed by atoms with Crippen molar-refractivity contribution in [2.45, 2.75) is 34.1 Å². The lowest BCUT2D eigenvalue weighted by atomic mass is 10.1. The van der Waals surface area contributed by atoms with E-state index >= 15 is 0 Å². The van der Waals surface area contributed by atoms with Crippen molar-refractivity contribution >= 4 is 17.5 Å². The van der Waals surface area contributed by atoms with Crippen LogP contribution in [0.1, 0.15) is 33.3 Å². The molecule has 0 aliphatic carbocycles. The van der Waals surface area contributed by atoms with E-state index in [1.54, 1.807) is 24.3 Å². The number of carbonyl (C=O) groups is 1. The summed E-state index contributed by atoms with van der Waals surface area (Å²) in [4.78, 5) is 10.4. The molecule has 0 aromatic heterocycles. The molecule has 86 valence electrons. The van der Waals surface area contributed by atoms with Crippen LogP contribution in [0.5, 0.6) is 0 Å². The van der Waals surface area contributed by atoms with E-state index in [1.807, 2.05) is 27.7 Å². The molecule has 0 fully saturated rings. The van der Waals surface area contributed by atoms with Gasteiger partial charge in [-0.25, -0.2) is 0 Å². The molecule has 1 aromatic carbocycles. The smallest absolute Gasteiger partial charge is 0.221 e. The lowest BCUT2D eigenvalue weighted by Crippen LogP contribution is -2.13. The van der Waals surface area contributed by atoms with E-state index in [0.717, 1.165) is 5.56 Å². The molecule has 15 heavy (non-hydrogen) atoms. The van der Waals surface area contributed by atoms with Gasteiger partial charge in [-0.15, -0.1) is 0 Å². The molecule has 0 saturated carbocycles. The predicted octanol–water partition coefficient (Wildman–Crippen LogP) is 3.42. The summed E-state index contributed by atoms with van der Waals surface area (Å²) in [5.74, 6) is -0.327. The third kappa shape index (κ3) is 9.29. The van der Waals surface area contributed by atoms with E-state index in [2.05, 4.69) is 0 Å². The molecule has 1 aromatic rings. The van der Waals surface area contributed by atoms with Gasteiger partial charge in [0.1, 0.15) is 0 Å². The quantitative estimate of drug-likeness (QED) is 0.830. The molecule has 3 heteroatoms. The van der Waals surface area contributed by atoms with Crippen LogP contribution >= 0.6 is 11.6 Å². The molecule has 0 aliphatic heterocycles. The van der Waals surface area contributed by atoms with Crippen LogP contribution in [0, 0.1) is 0 Å². The highest BCUT2D eigenvalue weighted by Crippen LogP contribution is 2.09. The zero-order valence-corrected chi connectivity index (χ0v) is 10.6. The lowest BCUT2D eigenvalue weighted by Gasteiger charge is -1.95. The monoisotopic (exact) mass is 229 g/mol. The Balaban J connectivity index is 0. The number of carbonyl (C=O) groups excluding carboxylic acids is 1. The molecule has 0 bridgehead atoms. The Kier molecular flexibility index (Phi) is 12.1. The minimum Gasteiger partial charge on any atom is -0.369 e. The van der Waals surface area contributed by atoms with Gasteiger partial charge in [0.05, 0.1) is 6.42 Å². The van der Waals surface area contributed by atoms with Gasteiger partial charge in [0.25, 0.3) is 0 Å². The third-order valence-electron chi connectivity index (χ3n) is 1.29. The van der Waals surface area contributed by atoms with Crippen molar-refractivity contribution in [2.24, 2.45) is 5.73 Å². The number of primary amides is 1. The van der Waals surface area contributed by atoms with Crippen LogP contribution in [-0.2, 0) is 11.2 Å². The maximum atomic E-state index is 10.4. The van der Waals surface area contributed by atoms with Gasteiger partial charge in [0.15, 0.2) is 0 Å². The fourth-order valence-electron chi connectivity index (χ4n) is 0.803. The van der Waals surface area contributed by atoms with Crippen molar-refractivity contribution in [3.05, 3.63) is 34.9 Å². The molecule has 1 rings (SSSR count). The minimum atomic E-state index is -0.327. The zero-order valence-electron chi connectivity index (χ0n) is 9.88. The fraction of sp³-hybridized carbons (Fsp3) is 0.417. The van der Waals surface area contributed by atoms with Crippen LogP contribution in [0.25, 0.3) is 0 Å². The minimum absolute atomic E-state index is 0.275. The van der Waals surface area contributed by atoms with Crippen molar-refractivity contribution in [1.82, 2.24) is 0 Å². The van der Waals surface area contributed by atoms with Gasteiger partial charge < -0.3 is 5.73 Å². The van der Waals surface area contributed by atoms with Crippen molar-refractivity contribution in [1.29, 1.82) is 0 Å². The molecule has 0 spiro atoms. The Morgan fingerprint density at radius 2 is 1.53 bits per heavy atom. The topological polar surface area (TPSA) is 43.1 Å². The molecular formula is C12H20ClNO. The second-order valence-corrected chi connectivity index (χ2v) is 2.71. The number of nitrogens with two attached hydrogens (primary N) is 1. The average molecular weight is 230 g/mol. The highest BCUT2D eigenvalue weighted by Gasteiger charge is 1.96. The fourth-order valence-corrected chi connectivity index (χ4v) is 0.929. The molecule has 0 unspecified atom stereocenters. The van der Waals surface area contributed by atoms with Gasteiger partial charge in [0, 0.05) is 5.02 Å². The van der Waals surface area contributed by atoms with Gasteiger partial charge in [-0.05, 0) is 17.7 Å². The second-order valence-electron chi connectivity index (χ2n) is 2.27. The Bertz CT molecular complexity index is 257. The zero-order chi connectivity index (χ0) is 12.3. The number of benzene rings is 1. The summed E-state index contributed by atoms with van der Waals surface area (Å²) in [5, 5.41) is 0.665. The molecule has 2 N–H and O–H groups in total. The largest absolute Gasteiger partial charge is 0.369 e. The number of hydrogen-bond donors (Lipinski definition) is 1. The SMILES string of the molecule is CC.CC.NC(=O)Cc1ccc(Cl)cc1. The maximum absolute atomic E-state index is 10.4. The van der Waals surface area contributed by atoms with E-state index in [9.17, 15) is 4.79 Å². The van der Waals surface area contributed by atoms with Crippen LogP contribution in [0.3, 0.4) is 0 Å². The number of amides is 1. The summed E-state index contributed by atoms with van der Waals surface area (Å²) in [6.07, 6.45) is 0.275. The van der Waals surface area contributed by atoms with E-state index in [0.29, 0.717) is 5.02 Å². The first-order valence-electron chi connectivity index (χ1n) is 5.21. The van der Waals surface area contributed by atoms with Gasteiger partial charge in [-0.3, -0.25) is 4.79 Å². The second kappa shape index (κ2) is 11.1. The van der Waals surface area contributed by atoms with Crippen LogP contribution in [-0.4, -0.2) is 5.91 Å². The van der Waals surface area contributed by atoms with E-state index in [4.69, 9.17) is 17.3 Å². The van der Waals surface area contributed by atoms with Crippen molar-refractivity contribution in [3.63, 3.8) is 0 Å². The maximum Gasteiger partial charge on any atom is 0.221 e. The summed E-state index contributed by atoms with van der Waals surface area (Å²) in [7, 11) is 0. The molecule has 0 saturated heterocycles. The standard InChI is InChI=1S/C8H8ClNO.2C2H6/c9-7-3-1-6(2-4-7)5-8(10)11;2*1-2/h1-4H,5H2,(H2,10,11);2*1-2H3. The van der Waals surface area contributed by atoms with Crippen molar-refractivity contribution in [3.8, 4) is 0 Å². The summed E-state index contributed by atoms with van der Waals surface area (Å²) in [6.45, 7) is 8.00. The molecule has 0 heterocycles. The lowest BCUT2D eigenvalue weighted by molar-refractivity contribution is -0.117. The first-order chi connectivity index (χ1) is 7.18. The molecule has 1 amide bonds. The van der Waals surface area contributed by atoms with Crippen LogP contribution in [0.2, 0.25) is 5.02 Å². The molecule has 0 aliphatic rings. The number of hydrogen-bond acceptors (Lipinski definition) is 1. The van der Waals surface area contributed by atoms with E-state index in [1.165, 1.54) is 0 Å². The number of rotatable bonds is 2. The van der Waals surface area contributed by atoms with Gasteiger partial charge in [-0.1, -0.05) is 51.4 Å². The first kappa shape index (κ1) is 16.4. The summed E-state index contributed by atoms with van der Waals surface area (Å²) < 4.78 is 0.